The highest BCUT2D eigenvalue weighted by Crippen LogP contribution is 2.40. The predicted octanol–water partition coefficient (Wildman–Crippen LogP) is 3.60. The van der Waals surface area contributed by atoms with E-state index in [-0.39, 0.29) is 22.4 Å². The first-order chi connectivity index (χ1) is 12.0. The smallest absolute Gasteiger partial charge is 0.339 e. The van der Waals surface area contributed by atoms with E-state index in [2.05, 4.69) is 0 Å². The number of aryl methyl sites for hydroxylation is 1. The van der Waals surface area contributed by atoms with Gasteiger partial charge >= 0.3 is 10.1 Å². The van der Waals surface area contributed by atoms with Gasteiger partial charge in [-0.2, -0.15) is 8.42 Å². The van der Waals surface area contributed by atoms with Crippen LogP contribution in [0, 0.1) is 6.92 Å². The van der Waals surface area contributed by atoms with Crippen LogP contribution in [-0.2, 0) is 19.1 Å². The fourth-order valence-corrected chi connectivity index (χ4v) is 4.19. The second-order valence-electron chi connectivity index (χ2n) is 6.26. The maximum atomic E-state index is 12.8. The standard InChI is InChI=1S/C20H16O4S/c1-13-6-9-15(10-7-13)25(22,23)24-19-12-14-8-11-18(20(19)21)17-5-3-2-4-16(14)17/h2-12,14,18H,1H3. The zero-order valence-electron chi connectivity index (χ0n) is 13.5. The van der Waals surface area contributed by atoms with Gasteiger partial charge in [-0.15, -0.1) is 0 Å². The molecule has 126 valence electrons. The van der Waals surface area contributed by atoms with Gasteiger partial charge in [0.25, 0.3) is 0 Å². The van der Waals surface area contributed by atoms with Crippen molar-refractivity contribution in [1.29, 1.82) is 0 Å². The van der Waals surface area contributed by atoms with Gasteiger partial charge in [-0.25, -0.2) is 0 Å². The lowest BCUT2D eigenvalue weighted by atomic mass is 9.83. The van der Waals surface area contributed by atoms with E-state index < -0.39 is 16.0 Å². The Balaban J connectivity index is 1.71. The molecule has 0 N–H and O–H groups in total. The van der Waals surface area contributed by atoms with Crippen LogP contribution in [0.3, 0.4) is 0 Å². The number of carbonyl (C=O) groups excluding carboxylic acids is 1. The fourth-order valence-electron chi connectivity index (χ4n) is 3.25. The second kappa shape index (κ2) is 5.70. The van der Waals surface area contributed by atoms with E-state index in [1.165, 1.54) is 12.1 Å². The molecule has 0 aromatic heterocycles. The topological polar surface area (TPSA) is 60.4 Å². The molecule has 0 amide bonds. The Bertz CT molecular complexity index is 1010. The Hall–Kier alpha value is -2.66. The minimum Gasteiger partial charge on any atom is -0.375 e. The maximum absolute atomic E-state index is 12.8. The van der Waals surface area contributed by atoms with Gasteiger partial charge < -0.3 is 4.18 Å². The molecule has 3 aliphatic carbocycles. The molecule has 0 saturated heterocycles. The minimum absolute atomic E-state index is 0.0360. The van der Waals surface area contributed by atoms with Gasteiger partial charge in [0, 0.05) is 5.92 Å². The molecule has 0 saturated carbocycles. The first-order valence-corrected chi connectivity index (χ1v) is 9.41. The van der Waals surface area contributed by atoms with Gasteiger partial charge in [0.2, 0.25) is 5.78 Å². The molecule has 4 nitrogen and oxygen atoms in total. The van der Waals surface area contributed by atoms with Crippen LogP contribution in [-0.4, -0.2) is 14.2 Å². The van der Waals surface area contributed by atoms with Gasteiger partial charge in [-0.1, -0.05) is 54.1 Å². The van der Waals surface area contributed by atoms with Crippen LogP contribution in [0.2, 0.25) is 0 Å². The van der Waals surface area contributed by atoms with E-state index in [9.17, 15) is 13.2 Å². The fraction of sp³-hybridized carbons (Fsp3) is 0.150. The van der Waals surface area contributed by atoms with Crippen molar-refractivity contribution in [3.8, 4) is 0 Å². The summed E-state index contributed by atoms with van der Waals surface area (Å²) in [5, 5.41) is 0. The highest BCUT2D eigenvalue weighted by atomic mass is 32.2. The average molecular weight is 352 g/mol. The molecule has 3 aliphatic rings. The molecule has 0 aliphatic heterocycles. The van der Waals surface area contributed by atoms with E-state index in [1.54, 1.807) is 18.2 Å². The monoisotopic (exact) mass is 352 g/mol. The molecule has 25 heavy (non-hydrogen) atoms. The van der Waals surface area contributed by atoms with Crippen molar-refractivity contribution in [3.63, 3.8) is 0 Å². The molecule has 0 spiro atoms. The largest absolute Gasteiger partial charge is 0.375 e. The van der Waals surface area contributed by atoms with E-state index in [0.717, 1.165) is 16.7 Å². The van der Waals surface area contributed by atoms with Crippen LogP contribution in [0.5, 0.6) is 0 Å². The van der Waals surface area contributed by atoms with Crippen molar-refractivity contribution in [2.24, 2.45) is 0 Å². The Morgan fingerprint density at radius 1 is 0.920 bits per heavy atom. The molecular formula is C20H16O4S. The molecule has 2 aromatic carbocycles. The van der Waals surface area contributed by atoms with Crippen LogP contribution in [0.15, 0.2) is 77.4 Å². The van der Waals surface area contributed by atoms with E-state index in [1.807, 2.05) is 43.3 Å². The van der Waals surface area contributed by atoms with E-state index in [0.29, 0.717) is 0 Å². The van der Waals surface area contributed by atoms with Crippen LogP contribution in [0.25, 0.3) is 0 Å². The third-order valence-corrected chi connectivity index (χ3v) is 5.81. The summed E-state index contributed by atoms with van der Waals surface area (Å²) in [5.41, 5.74) is 2.86. The number of Topliss-reactive ketones (excluding diaryl/α,β-unsaturated/α-hetero) is 1. The van der Waals surface area contributed by atoms with Gasteiger partial charge in [-0.3, -0.25) is 4.79 Å². The number of allylic oxidation sites excluding steroid dienone is 4. The number of fused-ring (bicyclic) bond motifs is 1. The molecule has 2 atom stereocenters. The van der Waals surface area contributed by atoms with E-state index >= 15 is 0 Å². The number of ketones is 1. The third-order valence-electron chi connectivity index (χ3n) is 4.57. The van der Waals surface area contributed by atoms with Gasteiger partial charge in [0.1, 0.15) is 4.90 Å². The zero-order valence-corrected chi connectivity index (χ0v) is 14.4. The summed E-state index contributed by atoms with van der Waals surface area (Å²) in [4.78, 5) is 12.9. The highest BCUT2D eigenvalue weighted by molar-refractivity contribution is 7.86. The van der Waals surface area contributed by atoms with Gasteiger partial charge in [0.15, 0.2) is 5.76 Å². The van der Waals surface area contributed by atoms with Crippen molar-refractivity contribution >= 4 is 15.9 Å². The number of hydrogen-bond acceptors (Lipinski definition) is 4. The lowest BCUT2D eigenvalue weighted by Crippen LogP contribution is -2.17. The Morgan fingerprint density at radius 3 is 2.32 bits per heavy atom. The van der Waals surface area contributed by atoms with Crippen molar-refractivity contribution < 1.29 is 17.4 Å². The van der Waals surface area contributed by atoms with Crippen LogP contribution < -0.4 is 0 Å². The molecular weight excluding hydrogens is 336 g/mol. The van der Waals surface area contributed by atoms with Crippen LogP contribution in [0.1, 0.15) is 28.5 Å². The van der Waals surface area contributed by atoms with E-state index in [4.69, 9.17) is 4.18 Å². The molecule has 0 fully saturated rings. The summed E-state index contributed by atoms with van der Waals surface area (Å²) in [6, 6.07) is 14.0. The minimum atomic E-state index is -4.05. The van der Waals surface area contributed by atoms with Crippen molar-refractivity contribution in [2.75, 3.05) is 0 Å². The summed E-state index contributed by atoms with van der Waals surface area (Å²) >= 11 is 0. The third kappa shape index (κ3) is 2.70. The van der Waals surface area contributed by atoms with Crippen molar-refractivity contribution in [3.05, 3.63) is 89.2 Å². The summed E-state index contributed by atoms with van der Waals surface area (Å²) in [6.45, 7) is 1.87. The molecule has 2 bridgehead atoms. The van der Waals surface area contributed by atoms with Gasteiger partial charge in [0.05, 0.1) is 5.92 Å². The highest BCUT2D eigenvalue weighted by Gasteiger charge is 2.35. The molecule has 0 radical (unpaired) electrons. The Labute approximate surface area is 146 Å². The number of benzene rings is 2. The van der Waals surface area contributed by atoms with Gasteiger partial charge in [-0.05, 0) is 36.3 Å². The Kier molecular flexibility index (Phi) is 3.62. The van der Waals surface area contributed by atoms with Crippen LogP contribution >= 0.6 is 0 Å². The molecule has 2 unspecified atom stereocenters. The molecule has 5 rings (SSSR count). The second-order valence-corrected chi connectivity index (χ2v) is 7.81. The lowest BCUT2D eigenvalue weighted by molar-refractivity contribution is -0.117. The number of hydrogen-bond donors (Lipinski definition) is 0. The number of carbonyl (C=O) groups is 1. The normalized spacial score (nSPS) is 21.5. The SMILES string of the molecule is Cc1ccc(S(=O)(=O)OC2=CC3C=CC(C2=O)c2ccccc23)cc1. The molecule has 2 aromatic rings. The first-order valence-electron chi connectivity index (χ1n) is 8.00. The first kappa shape index (κ1) is 15.8. The lowest BCUT2D eigenvalue weighted by Gasteiger charge is -2.20. The summed E-state index contributed by atoms with van der Waals surface area (Å²) < 4.78 is 30.3. The quantitative estimate of drug-likeness (QED) is 0.625. The van der Waals surface area contributed by atoms with Crippen molar-refractivity contribution in [2.45, 2.75) is 23.7 Å². The number of rotatable bonds is 3. The predicted molar refractivity (Wildman–Crippen MR) is 93.6 cm³/mol. The zero-order chi connectivity index (χ0) is 17.6. The molecule has 5 heteroatoms. The average Bonchev–Trinajstić information content (AvgIpc) is 2.81. The summed E-state index contributed by atoms with van der Waals surface area (Å²) in [5.74, 6) is -1.12. The van der Waals surface area contributed by atoms with Crippen LogP contribution in [0.4, 0.5) is 0 Å². The van der Waals surface area contributed by atoms with Crippen molar-refractivity contribution in [1.82, 2.24) is 0 Å². The maximum Gasteiger partial charge on any atom is 0.339 e. The summed E-state index contributed by atoms with van der Waals surface area (Å²) in [7, 11) is -4.05. The molecule has 0 heterocycles. The summed E-state index contributed by atoms with van der Waals surface area (Å²) in [6.07, 6.45) is 5.33. The Morgan fingerprint density at radius 2 is 1.60 bits per heavy atom.